The lowest BCUT2D eigenvalue weighted by atomic mass is 10.1. The van der Waals surface area contributed by atoms with Gasteiger partial charge in [0.15, 0.2) is 0 Å². The van der Waals surface area contributed by atoms with Crippen molar-refractivity contribution >= 4 is 44.8 Å². The predicted molar refractivity (Wildman–Crippen MR) is 130 cm³/mol. The first kappa shape index (κ1) is 24.4. The van der Waals surface area contributed by atoms with E-state index in [1.807, 2.05) is 13.8 Å². The van der Waals surface area contributed by atoms with Crippen LogP contribution in [0, 0.1) is 13.8 Å². The van der Waals surface area contributed by atoms with Gasteiger partial charge in [-0.3, -0.25) is 9.59 Å². The van der Waals surface area contributed by atoms with E-state index >= 15 is 0 Å². The molecule has 0 aromatic heterocycles. The molecule has 3 rings (SSSR count). The van der Waals surface area contributed by atoms with E-state index in [1.165, 1.54) is 6.07 Å². The molecule has 0 fully saturated rings. The summed E-state index contributed by atoms with van der Waals surface area (Å²) in [5, 5.41) is 5.99. The Morgan fingerprint density at radius 2 is 1.48 bits per heavy atom. The molecule has 0 aliphatic carbocycles. The molecule has 3 aromatic rings. The first-order valence-electron chi connectivity index (χ1n) is 10.2. The molecule has 0 saturated carbocycles. The summed E-state index contributed by atoms with van der Waals surface area (Å²) in [5.74, 6) is -0.750. The van der Waals surface area contributed by atoms with Crippen molar-refractivity contribution in [2.75, 3.05) is 17.2 Å². The van der Waals surface area contributed by atoms with Crippen LogP contribution >= 0.6 is 11.6 Å². The molecule has 0 atom stereocenters. The van der Waals surface area contributed by atoms with Crippen LogP contribution in [-0.4, -0.2) is 26.8 Å². The predicted octanol–water partition coefficient (Wildman–Crippen LogP) is 4.52. The third kappa shape index (κ3) is 6.64. The average molecular weight is 486 g/mol. The number of para-hydroxylation sites is 2. The van der Waals surface area contributed by atoms with E-state index in [2.05, 4.69) is 15.4 Å². The second-order valence-corrected chi connectivity index (χ2v) is 9.65. The molecule has 0 saturated heterocycles. The molecule has 3 aromatic carbocycles. The fourth-order valence-corrected chi connectivity index (χ4v) is 4.22. The quantitative estimate of drug-likeness (QED) is 0.436. The fourth-order valence-electron chi connectivity index (χ4n) is 2.97. The summed E-state index contributed by atoms with van der Waals surface area (Å²) in [6.07, 6.45) is -0.0798. The van der Waals surface area contributed by atoms with E-state index in [0.717, 1.165) is 11.1 Å². The van der Waals surface area contributed by atoms with Crippen LogP contribution in [0.3, 0.4) is 0 Å². The Labute approximate surface area is 198 Å². The monoisotopic (exact) mass is 485 g/mol. The molecule has 0 aliphatic heterocycles. The second kappa shape index (κ2) is 10.6. The van der Waals surface area contributed by atoms with Crippen LogP contribution in [0.1, 0.15) is 27.9 Å². The summed E-state index contributed by atoms with van der Waals surface area (Å²) >= 11 is 5.85. The minimum absolute atomic E-state index is 0.0691. The number of benzene rings is 3. The highest BCUT2D eigenvalue weighted by molar-refractivity contribution is 7.89. The molecule has 2 amide bonds. The molecule has 0 bridgehead atoms. The van der Waals surface area contributed by atoms with E-state index in [0.29, 0.717) is 22.0 Å². The topological polar surface area (TPSA) is 104 Å². The summed E-state index contributed by atoms with van der Waals surface area (Å²) < 4.78 is 27.4. The lowest BCUT2D eigenvalue weighted by molar-refractivity contribution is -0.116. The van der Waals surface area contributed by atoms with Gasteiger partial charge in [0.1, 0.15) is 0 Å². The van der Waals surface area contributed by atoms with Crippen molar-refractivity contribution in [2.24, 2.45) is 0 Å². The minimum atomic E-state index is -3.72. The van der Waals surface area contributed by atoms with Gasteiger partial charge in [-0.15, -0.1) is 0 Å². The zero-order chi connectivity index (χ0) is 24.0. The van der Waals surface area contributed by atoms with Crippen LogP contribution in [0.25, 0.3) is 0 Å². The van der Waals surface area contributed by atoms with Crippen LogP contribution in [0.2, 0.25) is 5.02 Å². The van der Waals surface area contributed by atoms with Crippen molar-refractivity contribution in [1.82, 2.24) is 4.72 Å². The Balaban J connectivity index is 1.59. The van der Waals surface area contributed by atoms with Gasteiger partial charge in [0.05, 0.1) is 16.3 Å². The number of carbonyl (C=O) groups excluding carboxylic acids is 2. The number of halogens is 1. The molecule has 172 valence electrons. The summed E-state index contributed by atoms with van der Waals surface area (Å²) in [6, 6.07) is 18.0. The zero-order valence-electron chi connectivity index (χ0n) is 18.2. The smallest absolute Gasteiger partial charge is 0.255 e. The Morgan fingerprint density at radius 3 is 2.12 bits per heavy atom. The average Bonchev–Trinajstić information content (AvgIpc) is 2.77. The van der Waals surface area contributed by atoms with Gasteiger partial charge in [0, 0.05) is 23.6 Å². The van der Waals surface area contributed by atoms with Crippen LogP contribution in [0.5, 0.6) is 0 Å². The van der Waals surface area contributed by atoms with Crippen molar-refractivity contribution in [3.8, 4) is 0 Å². The van der Waals surface area contributed by atoms with Gasteiger partial charge in [-0.1, -0.05) is 29.8 Å². The molecular formula is C24H24ClN3O4S. The Morgan fingerprint density at radius 1 is 0.848 bits per heavy atom. The molecule has 0 aliphatic rings. The van der Waals surface area contributed by atoms with Gasteiger partial charge in [-0.05, 0) is 73.5 Å². The highest BCUT2D eigenvalue weighted by Crippen LogP contribution is 2.22. The van der Waals surface area contributed by atoms with Crippen molar-refractivity contribution in [3.63, 3.8) is 0 Å². The zero-order valence-corrected chi connectivity index (χ0v) is 19.8. The molecule has 7 nitrogen and oxygen atoms in total. The van der Waals surface area contributed by atoms with Crippen LogP contribution < -0.4 is 15.4 Å². The fraction of sp³-hybridized carbons (Fsp3) is 0.167. The first-order chi connectivity index (χ1) is 15.7. The Hall–Kier alpha value is -3.20. The normalized spacial score (nSPS) is 11.1. The molecule has 0 radical (unpaired) electrons. The number of anilines is 2. The van der Waals surface area contributed by atoms with Crippen molar-refractivity contribution < 1.29 is 18.0 Å². The number of hydrogen-bond donors (Lipinski definition) is 3. The number of amides is 2. The van der Waals surface area contributed by atoms with Crippen LogP contribution in [0.15, 0.2) is 71.6 Å². The van der Waals surface area contributed by atoms with Crippen molar-refractivity contribution in [2.45, 2.75) is 25.2 Å². The second-order valence-electron chi connectivity index (χ2n) is 7.45. The van der Waals surface area contributed by atoms with E-state index in [-0.39, 0.29) is 23.8 Å². The number of nitrogens with one attached hydrogen (secondary N) is 3. The lowest BCUT2D eigenvalue weighted by Crippen LogP contribution is -2.28. The summed E-state index contributed by atoms with van der Waals surface area (Å²) in [6.45, 7) is 3.67. The Kier molecular flexibility index (Phi) is 7.86. The molecule has 0 unspecified atom stereocenters. The summed E-state index contributed by atoms with van der Waals surface area (Å²) in [5.41, 5.74) is 3.10. The van der Waals surface area contributed by atoms with E-state index < -0.39 is 15.9 Å². The third-order valence-electron chi connectivity index (χ3n) is 4.99. The largest absolute Gasteiger partial charge is 0.324 e. The van der Waals surface area contributed by atoms with Gasteiger partial charge < -0.3 is 10.6 Å². The third-order valence-corrected chi connectivity index (χ3v) is 6.70. The number of sulfonamides is 1. The number of hydrogen-bond acceptors (Lipinski definition) is 4. The van der Waals surface area contributed by atoms with Gasteiger partial charge >= 0.3 is 0 Å². The molecule has 3 N–H and O–H groups in total. The van der Waals surface area contributed by atoms with Gasteiger partial charge in [-0.25, -0.2) is 13.1 Å². The number of aryl methyl sites for hydroxylation is 2. The highest BCUT2D eigenvalue weighted by Gasteiger charge is 2.16. The molecule has 9 heteroatoms. The lowest BCUT2D eigenvalue weighted by Gasteiger charge is -2.13. The standard InChI is InChI=1S/C24H24ClN3O4S/c1-16-7-12-20(15-17(16)2)33(31,32)26-14-13-23(29)27-21-5-3-4-6-22(21)28-24(30)18-8-10-19(25)11-9-18/h3-12,15,26H,13-14H2,1-2H3,(H,27,29)(H,28,30). The summed E-state index contributed by atoms with van der Waals surface area (Å²) in [4.78, 5) is 25.0. The first-order valence-corrected chi connectivity index (χ1v) is 12.0. The SMILES string of the molecule is Cc1ccc(S(=O)(=O)NCCC(=O)Nc2ccccc2NC(=O)c2ccc(Cl)cc2)cc1C. The van der Waals surface area contributed by atoms with Gasteiger partial charge in [0.25, 0.3) is 5.91 Å². The van der Waals surface area contributed by atoms with Crippen molar-refractivity contribution in [1.29, 1.82) is 0 Å². The van der Waals surface area contributed by atoms with E-state index in [9.17, 15) is 18.0 Å². The van der Waals surface area contributed by atoms with Gasteiger partial charge in [0.2, 0.25) is 15.9 Å². The molecular weight excluding hydrogens is 462 g/mol. The molecule has 0 heterocycles. The van der Waals surface area contributed by atoms with E-state index in [4.69, 9.17) is 11.6 Å². The maximum absolute atomic E-state index is 12.5. The van der Waals surface area contributed by atoms with Crippen LogP contribution in [0.4, 0.5) is 11.4 Å². The van der Waals surface area contributed by atoms with Crippen LogP contribution in [-0.2, 0) is 14.8 Å². The Bertz CT molecular complexity index is 1280. The van der Waals surface area contributed by atoms with Crippen molar-refractivity contribution in [3.05, 3.63) is 88.4 Å². The number of rotatable bonds is 8. The van der Waals surface area contributed by atoms with E-state index in [1.54, 1.807) is 60.7 Å². The van der Waals surface area contributed by atoms with Gasteiger partial charge in [-0.2, -0.15) is 0 Å². The summed E-state index contributed by atoms with van der Waals surface area (Å²) in [7, 11) is -3.72. The molecule has 0 spiro atoms. The highest BCUT2D eigenvalue weighted by atomic mass is 35.5. The maximum Gasteiger partial charge on any atom is 0.255 e. The molecule has 33 heavy (non-hydrogen) atoms. The minimum Gasteiger partial charge on any atom is -0.324 e. The maximum atomic E-state index is 12.5. The number of carbonyl (C=O) groups is 2.